The van der Waals surface area contributed by atoms with Gasteiger partial charge >= 0.3 is 0 Å². The number of nitrogen functional groups attached to an aromatic ring is 1. The molecule has 0 aromatic carbocycles. The molecule has 2 rings (SSSR count). The van der Waals surface area contributed by atoms with Crippen LogP contribution in [-0.2, 0) is 13.5 Å². The minimum absolute atomic E-state index is 0.122. The molecule has 0 saturated heterocycles. The molecule has 0 spiro atoms. The maximum Gasteiger partial charge on any atom is 0.261 e. The van der Waals surface area contributed by atoms with E-state index in [1.54, 1.807) is 37.2 Å². The van der Waals surface area contributed by atoms with E-state index in [1.165, 1.54) is 11.1 Å². The zero-order chi connectivity index (χ0) is 14.0. The second-order valence-corrected chi connectivity index (χ2v) is 4.32. The van der Waals surface area contributed by atoms with E-state index in [9.17, 15) is 4.79 Å². The molecule has 1 amide bonds. The van der Waals surface area contributed by atoms with Crippen LogP contribution in [0.3, 0.4) is 0 Å². The molecule has 0 saturated carbocycles. The lowest BCUT2D eigenvalue weighted by molar-refractivity contribution is 0.0992. The molecule has 0 unspecified atom stereocenters. The first-order valence-corrected chi connectivity index (χ1v) is 6.04. The van der Waals surface area contributed by atoms with E-state index < -0.39 is 0 Å². The van der Waals surface area contributed by atoms with Crippen LogP contribution >= 0.6 is 0 Å². The van der Waals surface area contributed by atoms with Crippen LogP contribution in [0.25, 0.3) is 0 Å². The lowest BCUT2D eigenvalue weighted by Crippen LogP contribution is -2.27. The van der Waals surface area contributed by atoms with Crippen molar-refractivity contribution in [3.05, 3.63) is 35.9 Å². The molecular weight excluding hydrogens is 242 g/mol. The van der Waals surface area contributed by atoms with Gasteiger partial charge in [-0.05, 0) is 12.5 Å². The Morgan fingerprint density at radius 3 is 2.89 bits per heavy atom. The molecule has 0 bridgehead atoms. The Labute approximate surface area is 111 Å². The van der Waals surface area contributed by atoms with E-state index in [4.69, 9.17) is 5.73 Å². The van der Waals surface area contributed by atoms with Crippen LogP contribution in [-0.4, -0.2) is 27.7 Å². The highest BCUT2D eigenvalue weighted by Crippen LogP contribution is 2.22. The van der Waals surface area contributed by atoms with Crippen LogP contribution in [0.1, 0.15) is 23.0 Å². The number of hydrogen-bond acceptors (Lipinski definition) is 4. The number of carbonyl (C=O) groups excluding carboxylic acids is 1. The first kappa shape index (κ1) is 13.1. The van der Waals surface area contributed by atoms with Gasteiger partial charge in [-0.25, -0.2) is 0 Å². The fourth-order valence-corrected chi connectivity index (χ4v) is 1.97. The van der Waals surface area contributed by atoms with Crippen LogP contribution in [0.4, 0.5) is 11.4 Å². The van der Waals surface area contributed by atoms with Gasteiger partial charge in [-0.15, -0.1) is 0 Å². The topological polar surface area (TPSA) is 77.0 Å². The maximum absolute atomic E-state index is 12.5. The van der Waals surface area contributed by atoms with Crippen LogP contribution < -0.4 is 10.6 Å². The molecule has 100 valence electrons. The maximum atomic E-state index is 12.5. The summed E-state index contributed by atoms with van der Waals surface area (Å²) in [6, 6.07) is 1.72. The third-order valence-electron chi connectivity index (χ3n) is 2.96. The fourth-order valence-electron chi connectivity index (χ4n) is 1.97. The minimum Gasteiger partial charge on any atom is -0.396 e. The standard InChI is InChI=1S/C13H17N5O/c1-4-11-9(8-17(2)16-11)13(19)18(3)12-5-6-15-7-10(12)14/h5-8H,4,14H2,1-3H3. The Balaban J connectivity index is 2.36. The third-order valence-corrected chi connectivity index (χ3v) is 2.96. The quantitative estimate of drug-likeness (QED) is 0.899. The van der Waals surface area contributed by atoms with Crippen molar-refractivity contribution in [3.8, 4) is 0 Å². The average Bonchev–Trinajstić information content (AvgIpc) is 2.79. The smallest absolute Gasteiger partial charge is 0.261 e. The molecule has 2 N–H and O–H groups in total. The highest BCUT2D eigenvalue weighted by Gasteiger charge is 2.20. The van der Waals surface area contributed by atoms with Crippen molar-refractivity contribution in [1.29, 1.82) is 0 Å². The number of pyridine rings is 1. The summed E-state index contributed by atoms with van der Waals surface area (Å²) >= 11 is 0. The Kier molecular flexibility index (Phi) is 3.50. The van der Waals surface area contributed by atoms with Gasteiger partial charge < -0.3 is 10.6 Å². The van der Waals surface area contributed by atoms with E-state index >= 15 is 0 Å². The number of rotatable bonds is 3. The van der Waals surface area contributed by atoms with Crippen molar-refractivity contribution in [2.24, 2.45) is 7.05 Å². The summed E-state index contributed by atoms with van der Waals surface area (Å²) in [6.07, 6.45) is 5.58. The molecule has 0 radical (unpaired) electrons. The molecule has 0 aliphatic rings. The first-order valence-electron chi connectivity index (χ1n) is 6.04. The SMILES string of the molecule is CCc1nn(C)cc1C(=O)N(C)c1ccncc1N. The summed E-state index contributed by atoms with van der Waals surface area (Å²) in [7, 11) is 3.50. The molecule has 0 aliphatic heterocycles. The predicted molar refractivity (Wildman–Crippen MR) is 74.0 cm³/mol. The zero-order valence-corrected chi connectivity index (χ0v) is 11.3. The summed E-state index contributed by atoms with van der Waals surface area (Å²) in [6.45, 7) is 1.97. The van der Waals surface area contributed by atoms with Crippen molar-refractivity contribution in [1.82, 2.24) is 14.8 Å². The number of nitrogens with two attached hydrogens (primary N) is 1. The summed E-state index contributed by atoms with van der Waals surface area (Å²) in [5.41, 5.74) is 8.34. The molecule has 6 nitrogen and oxygen atoms in total. The van der Waals surface area contributed by atoms with E-state index in [2.05, 4.69) is 10.1 Å². The second kappa shape index (κ2) is 5.09. The van der Waals surface area contributed by atoms with Gasteiger partial charge in [0.1, 0.15) is 0 Å². The first-order chi connectivity index (χ1) is 9.04. The number of hydrogen-bond donors (Lipinski definition) is 1. The Morgan fingerprint density at radius 2 is 2.26 bits per heavy atom. The molecule has 2 aromatic rings. The van der Waals surface area contributed by atoms with Gasteiger partial charge in [-0.3, -0.25) is 14.5 Å². The van der Waals surface area contributed by atoms with E-state index in [0.29, 0.717) is 23.4 Å². The summed E-state index contributed by atoms with van der Waals surface area (Å²) in [5.74, 6) is -0.122. The lowest BCUT2D eigenvalue weighted by Gasteiger charge is -2.18. The molecule has 2 heterocycles. The van der Waals surface area contributed by atoms with Crippen LogP contribution in [0.5, 0.6) is 0 Å². The van der Waals surface area contributed by atoms with Crippen molar-refractivity contribution >= 4 is 17.3 Å². The Morgan fingerprint density at radius 1 is 1.53 bits per heavy atom. The highest BCUT2D eigenvalue weighted by atomic mass is 16.2. The average molecular weight is 259 g/mol. The second-order valence-electron chi connectivity index (χ2n) is 4.32. The Hall–Kier alpha value is -2.37. The molecule has 0 fully saturated rings. The van der Waals surface area contributed by atoms with Gasteiger partial charge in [0, 0.05) is 26.5 Å². The zero-order valence-electron chi connectivity index (χ0n) is 11.3. The molecule has 19 heavy (non-hydrogen) atoms. The molecule has 0 atom stereocenters. The predicted octanol–water partition coefficient (Wildman–Crippen LogP) is 1.24. The van der Waals surface area contributed by atoms with Crippen molar-refractivity contribution < 1.29 is 4.79 Å². The largest absolute Gasteiger partial charge is 0.396 e. The minimum atomic E-state index is -0.122. The van der Waals surface area contributed by atoms with Gasteiger partial charge in [0.25, 0.3) is 5.91 Å². The van der Waals surface area contributed by atoms with E-state index in [-0.39, 0.29) is 5.91 Å². The van der Waals surface area contributed by atoms with Gasteiger partial charge in [0.15, 0.2) is 0 Å². The Bertz CT molecular complexity index is 605. The number of aryl methyl sites for hydroxylation is 2. The van der Waals surface area contributed by atoms with E-state index in [1.807, 2.05) is 6.92 Å². The van der Waals surface area contributed by atoms with Gasteiger partial charge in [-0.2, -0.15) is 5.10 Å². The summed E-state index contributed by atoms with van der Waals surface area (Å²) < 4.78 is 1.65. The van der Waals surface area contributed by atoms with Crippen molar-refractivity contribution in [2.45, 2.75) is 13.3 Å². The number of nitrogens with zero attached hydrogens (tertiary/aromatic N) is 4. The van der Waals surface area contributed by atoms with Gasteiger partial charge in [0.05, 0.1) is 28.8 Å². The molecule has 0 aliphatic carbocycles. The molecule has 6 heteroatoms. The van der Waals surface area contributed by atoms with Crippen LogP contribution in [0, 0.1) is 0 Å². The lowest BCUT2D eigenvalue weighted by atomic mass is 10.2. The fraction of sp³-hybridized carbons (Fsp3) is 0.308. The summed E-state index contributed by atoms with van der Waals surface area (Å²) in [5, 5.41) is 4.27. The van der Waals surface area contributed by atoms with Gasteiger partial charge in [0.2, 0.25) is 0 Å². The van der Waals surface area contributed by atoms with Crippen LogP contribution in [0.15, 0.2) is 24.7 Å². The number of amides is 1. The number of carbonyl (C=O) groups is 1. The molecular formula is C13H17N5O. The number of aromatic nitrogens is 3. The number of anilines is 2. The molecule has 2 aromatic heterocycles. The van der Waals surface area contributed by atoms with Crippen molar-refractivity contribution in [2.75, 3.05) is 17.7 Å². The monoisotopic (exact) mass is 259 g/mol. The highest BCUT2D eigenvalue weighted by molar-refractivity contribution is 6.07. The third kappa shape index (κ3) is 2.42. The normalized spacial score (nSPS) is 10.5. The summed E-state index contributed by atoms with van der Waals surface area (Å²) in [4.78, 5) is 17.9. The van der Waals surface area contributed by atoms with Crippen LogP contribution in [0.2, 0.25) is 0 Å². The van der Waals surface area contributed by atoms with Gasteiger partial charge in [-0.1, -0.05) is 6.92 Å². The van der Waals surface area contributed by atoms with E-state index in [0.717, 1.165) is 5.69 Å². The van der Waals surface area contributed by atoms with Crippen molar-refractivity contribution in [3.63, 3.8) is 0 Å².